The average Bonchev–Trinajstić information content (AvgIpc) is 2.78. The maximum Gasteiger partial charge on any atom is 0.318 e. The van der Waals surface area contributed by atoms with Crippen LogP contribution in [0, 0.1) is 0 Å². The van der Waals surface area contributed by atoms with Crippen LogP contribution < -0.4 is 15.8 Å². The molecule has 3 aromatic carbocycles. The van der Waals surface area contributed by atoms with Crippen LogP contribution in [-0.4, -0.2) is 23.4 Å². The highest BCUT2D eigenvalue weighted by molar-refractivity contribution is 5.77. The van der Waals surface area contributed by atoms with Crippen molar-refractivity contribution in [1.29, 1.82) is 0 Å². The number of hydrogen-bond acceptors (Lipinski definition) is 3. The van der Waals surface area contributed by atoms with Gasteiger partial charge in [0.2, 0.25) is 5.91 Å². The topological polar surface area (TPSA) is 84.7 Å². The van der Waals surface area contributed by atoms with E-state index in [2.05, 4.69) is 5.32 Å². The molecule has 0 heterocycles. The molecule has 6 nitrogen and oxygen atoms in total. The molecule has 1 unspecified atom stereocenters. The fraction of sp³-hybridized carbons (Fsp3) is 0.200. The molecule has 6 heteroatoms. The SMILES string of the molecule is CC(NC(=O)N(CCC(N)=O)Cc1ccccc1)c1ccccc1Oc1ccccc1. The van der Waals surface area contributed by atoms with Gasteiger partial charge < -0.3 is 20.7 Å². The number of nitrogens with two attached hydrogens (primary N) is 1. The number of nitrogens with zero attached hydrogens (tertiary/aromatic N) is 1. The zero-order chi connectivity index (χ0) is 22.1. The van der Waals surface area contributed by atoms with Gasteiger partial charge in [-0.05, 0) is 30.7 Å². The first-order chi connectivity index (χ1) is 15.0. The molecule has 0 aliphatic heterocycles. The summed E-state index contributed by atoms with van der Waals surface area (Å²) in [5, 5.41) is 3.02. The second-order valence-corrected chi connectivity index (χ2v) is 7.25. The Bertz CT molecular complexity index is 993. The maximum atomic E-state index is 13.0. The van der Waals surface area contributed by atoms with Crippen molar-refractivity contribution in [3.05, 3.63) is 96.1 Å². The van der Waals surface area contributed by atoms with Gasteiger partial charge in [-0.1, -0.05) is 66.7 Å². The van der Waals surface area contributed by atoms with Crippen LogP contribution in [0.5, 0.6) is 11.5 Å². The van der Waals surface area contributed by atoms with Gasteiger partial charge in [-0.15, -0.1) is 0 Å². The lowest BCUT2D eigenvalue weighted by molar-refractivity contribution is -0.118. The van der Waals surface area contributed by atoms with Crippen LogP contribution in [0.15, 0.2) is 84.9 Å². The molecule has 0 aliphatic rings. The minimum atomic E-state index is -0.444. The molecule has 0 bridgehead atoms. The molecule has 0 aromatic heterocycles. The normalized spacial score (nSPS) is 11.4. The summed E-state index contributed by atoms with van der Waals surface area (Å²) in [6, 6.07) is 26.2. The molecule has 0 spiro atoms. The Morgan fingerprint density at radius 1 is 0.935 bits per heavy atom. The van der Waals surface area contributed by atoms with Crippen LogP contribution in [0.3, 0.4) is 0 Å². The lowest BCUT2D eigenvalue weighted by atomic mass is 10.1. The van der Waals surface area contributed by atoms with Gasteiger partial charge in [0, 0.05) is 25.1 Å². The lowest BCUT2D eigenvalue weighted by Gasteiger charge is -2.26. The first-order valence-corrected chi connectivity index (χ1v) is 10.2. The van der Waals surface area contributed by atoms with Crippen LogP contribution >= 0.6 is 0 Å². The Balaban J connectivity index is 1.73. The van der Waals surface area contributed by atoms with Gasteiger partial charge in [-0.25, -0.2) is 4.79 Å². The highest BCUT2D eigenvalue weighted by Gasteiger charge is 2.20. The van der Waals surface area contributed by atoms with E-state index >= 15 is 0 Å². The molecule has 0 radical (unpaired) electrons. The number of para-hydroxylation sites is 2. The Labute approximate surface area is 182 Å². The zero-order valence-corrected chi connectivity index (χ0v) is 17.5. The largest absolute Gasteiger partial charge is 0.457 e. The highest BCUT2D eigenvalue weighted by Crippen LogP contribution is 2.29. The molecule has 0 saturated heterocycles. The predicted octanol–water partition coefficient (Wildman–Crippen LogP) is 4.63. The quantitative estimate of drug-likeness (QED) is 0.532. The number of benzene rings is 3. The van der Waals surface area contributed by atoms with Gasteiger partial charge in [0.15, 0.2) is 0 Å². The third kappa shape index (κ3) is 6.60. The molecule has 0 saturated carbocycles. The van der Waals surface area contributed by atoms with E-state index in [1.54, 1.807) is 4.90 Å². The zero-order valence-electron chi connectivity index (χ0n) is 17.5. The maximum absolute atomic E-state index is 13.0. The number of carbonyl (C=O) groups is 2. The number of primary amides is 1. The second-order valence-electron chi connectivity index (χ2n) is 7.25. The number of rotatable bonds is 9. The molecule has 3 amide bonds. The molecular weight excluding hydrogens is 390 g/mol. The van der Waals surface area contributed by atoms with Crippen molar-refractivity contribution in [3.63, 3.8) is 0 Å². The fourth-order valence-corrected chi connectivity index (χ4v) is 3.20. The van der Waals surface area contributed by atoms with Crippen molar-refractivity contribution in [2.45, 2.75) is 25.9 Å². The van der Waals surface area contributed by atoms with E-state index < -0.39 is 5.91 Å². The van der Waals surface area contributed by atoms with Gasteiger partial charge in [-0.3, -0.25) is 4.79 Å². The van der Waals surface area contributed by atoms with Gasteiger partial charge in [-0.2, -0.15) is 0 Å². The second kappa shape index (κ2) is 10.8. The van der Waals surface area contributed by atoms with Crippen molar-refractivity contribution in [1.82, 2.24) is 10.2 Å². The van der Waals surface area contributed by atoms with E-state index in [1.165, 1.54) is 0 Å². The summed E-state index contributed by atoms with van der Waals surface area (Å²) in [5.41, 5.74) is 7.14. The van der Waals surface area contributed by atoms with E-state index in [1.807, 2.05) is 91.9 Å². The van der Waals surface area contributed by atoms with Crippen LogP contribution in [0.4, 0.5) is 4.79 Å². The number of hydrogen-bond donors (Lipinski definition) is 2. The van der Waals surface area contributed by atoms with Crippen molar-refractivity contribution in [2.75, 3.05) is 6.54 Å². The summed E-state index contributed by atoms with van der Waals surface area (Å²) < 4.78 is 6.02. The minimum Gasteiger partial charge on any atom is -0.457 e. The standard InChI is InChI=1S/C25H27N3O3/c1-19(22-14-8-9-15-23(22)31-21-12-6-3-7-13-21)27-25(30)28(17-16-24(26)29)18-20-10-4-2-5-11-20/h2-15,19H,16-18H2,1H3,(H2,26,29)(H,27,30). The number of carbonyl (C=O) groups excluding carboxylic acids is 2. The van der Waals surface area contributed by atoms with Crippen molar-refractivity contribution >= 4 is 11.9 Å². The van der Waals surface area contributed by atoms with E-state index in [-0.39, 0.29) is 25.0 Å². The average molecular weight is 418 g/mol. The van der Waals surface area contributed by atoms with Crippen LogP contribution in [0.1, 0.15) is 30.5 Å². The monoisotopic (exact) mass is 417 g/mol. The molecule has 31 heavy (non-hydrogen) atoms. The predicted molar refractivity (Wildman–Crippen MR) is 121 cm³/mol. The van der Waals surface area contributed by atoms with E-state index in [4.69, 9.17) is 10.5 Å². The number of nitrogens with one attached hydrogen (secondary N) is 1. The summed E-state index contributed by atoms with van der Waals surface area (Å²) in [6.45, 7) is 2.53. The van der Waals surface area contributed by atoms with Crippen molar-refractivity contribution in [3.8, 4) is 11.5 Å². The summed E-state index contributed by atoms with van der Waals surface area (Å²) in [4.78, 5) is 25.9. The van der Waals surface area contributed by atoms with Crippen LogP contribution in [0.2, 0.25) is 0 Å². The molecule has 1 atom stereocenters. The van der Waals surface area contributed by atoms with Crippen LogP contribution in [-0.2, 0) is 11.3 Å². The Morgan fingerprint density at radius 2 is 1.55 bits per heavy atom. The minimum absolute atomic E-state index is 0.0995. The summed E-state index contributed by atoms with van der Waals surface area (Å²) in [5.74, 6) is 0.953. The van der Waals surface area contributed by atoms with Crippen molar-refractivity contribution in [2.24, 2.45) is 5.73 Å². The van der Waals surface area contributed by atoms with Crippen molar-refractivity contribution < 1.29 is 14.3 Å². The molecular formula is C25H27N3O3. The smallest absolute Gasteiger partial charge is 0.318 e. The van der Waals surface area contributed by atoms with E-state index in [0.29, 0.717) is 12.3 Å². The number of amides is 3. The van der Waals surface area contributed by atoms with Crippen LogP contribution in [0.25, 0.3) is 0 Å². The molecule has 3 aromatic rings. The first-order valence-electron chi connectivity index (χ1n) is 10.2. The lowest BCUT2D eigenvalue weighted by Crippen LogP contribution is -2.42. The Hall–Kier alpha value is -3.80. The molecule has 160 valence electrons. The molecule has 0 aliphatic carbocycles. The molecule has 0 fully saturated rings. The highest BCUT2D eigenvalue weighted by atomic mass is 16.5. The fourth-order valence-electron chi connectivity index (χ4n) is 3.20. The van der Waals surface area contributed by atoms with Gasteiger partial charge >= 0.3 is 6.03 Å². The van der Waals surface area contributed by atoms with Gasteiger partial charge in [0.25, 0.3) is 0 Å². The first kappa shape index (κ1) is 21.9. The Morgan fingerprint density at radius 3 is 2.23 bits per heavy atom. The van der Waals surface area contributed by atoms with E-state index in [9.17, 15) is 9.59 Å². The summed E-state index contributed by atoms with van der Waals surface area (Å²) in [6.07, 6.45) is 0.0995. The summed E-state index contributed by atoms with van der Waals surface area (Å²) >= 11 is 0. The summed E-state index contributed by atoms with van der Waals surface area (Å²) in [7, 11) is 0. The van der Waals surface area contributed by atoms with E-state index in [0.717, 1.165) is 16.9 Å². The third-order valence-electron chi connectivity index (χ3n) is 4.83. The molecule has 3 rings (SSSR count). The molecule has 3 N–H and O–H groups in total. The Kier molecular flexibility index (Phi) is 7.65. The van der Waals surface area contributed by atoms with Gasteiger partial charge in [0.1, 0.15) is 11.5 Å². The third-order valence-corrected chi connectivity index (χ3v) is 4.83. The number of urea groups is 1. The van der Waals surface area contributed by atoms with Gasteiger partial charge in [0.05, 0.1) is 6.04 Å². The number of ether oxygens (including phenoxy) is 1.